The van der Waals surface area contributed by atoms with Gasteiger partial charge < -0.3 is 10.2 Å². The molecule has 1 N–H and O–H groups in total. The molecular formula is C13H19ClN2. The van der Waals surface area contributed by atoms with Crippen molar-refractivity contribution < 1.29 is 0 Å². The molecule has 1 atom stereocenters. The number of nitrogens with one attached hydrogen (secondary N) is 1. The molecule has 0 radical (unpaired) electrons. The van der Waals surface area contributed by atoms with Gasteiger partial charge in [-0.25, -0.2) is 0 Å². The van der Waals surface area contributed by atoms with Crippen LogP contribution in [0.2, 0.25) is 5.02 Å². The second kappa shape index (κ2) is 5.92. The smallest absolute Gasteiger partial charge is 0.0474 e. The molecule has 16 heavy (non-hydrogen) atoms. The molecule has 3 heteroatoms. The Balaban J connectivity index is 2.94. The van der Waals surface area contributed by atoms with E-state index in [9.17, 15) is 0 Å². The first-order chi connectivity index (χ1) is 7.60. The molecule has 0 amide bonds. The Morgan fingerprint density at radius 3 is 2.75 bits per heavy atom. The normalized spacial score (nSPS) is 12.2. The predicted octanol–water partition coefficient (Wildman–Crippen LogP) is 3.24. The molecular weight excluding hydrogens is 220 g/mol. The minimum atomic E-state index is 0.270. The molecule has 1 unspecified atom stereocenters. The van der Waals surface area contributed by atoms with Crippen molar-refractivity contribution in [3.8, 4) is 0 Å². The Morgan fingerprint density at radius 1 is 1.56 bits per heavy atom. The highest BCUT2D eigenvalue weighted by Crippen LogP contribution is 2.27. The van der Waals surface area contributed by atoms with Crippen LogP contribution >= 0.6 is 11.6 Å². The molecule has 0 heterocycles. The molecule has 0 saturated heterocycles. The molecule has 1 aromatic carbocycles. The van der Waals surface area contributed by atoms with Crippen LogP contribution in [0.1, 0.15) is 18.5 Å². The number of rotatable bonds is 5. The molecule has 0 saturated carbocycles. The van der Waals surface area contributed by atoms with Crippen LogP contribution in [0.25, 0.3) is 0 Å². The lowest BCUT2D eigenvalue weighted by Crippen LogP contribution is -2.17. The summed E-state index contributed by atoms with van der Waals surface area (Å²) in [7, 11) is 3.95. The third kappa shape index (κ3) is 3.00. The van der Waals surface area contributed by atoms with E-state index in [2.05, 4.69) is 35.9 Å². The first kappa shape index (κ1) is 13.1. The van der Waals surface area contributed by atoms with Crippen molar-refractivity contribution in [2.75, 3.05) is 25.5 Å². The van der Waals surface area contributed by atoms with Gasteiger partial charge in [-0.2, -0.15) is 0 Å². The van der Waals surface area contributed by atoms with E-state index in [0.717, 1.165) is 22.8 Å². The molecule has 0 fully saturated rings. The van der Waals surface area contributed by atoms with Gasteiger partial charge in [0.1, 0.15) is 0 Å². The first-order valence-electron chi connectivity index (χ1n) is 5.39. The maximum Gasteiger partial charge on any atom is 0.0474 e. The Bertz CT molecular complexity index is 363. The predicted molar refractivity (Wildman–Crippen MR) is 72.4 cm³/mol. The molecule has 88 valence electrons. The van der Waals surface area contributed by atoms with E-state index in [4.69, 9.17) is 11.6 Å². The highest BCUT2D eigenvalue weighted by Gasteiger charge is 2.09. The third-order valence-electron chi connectivity index (χ3n) is 2.73. The fourth-order valence-corrected chi connectivity index (χ4v) is 1.90. The van der Waals surface area contributed by atoms with Gasteiger partial charge in [0.05, 0.1) is 0 Å². The van der Waals surface area contributed by atoms with Gasteiger partial charge >= 0.3 is 0 Å². The summed E-state index contributed by atoms with van der Waals surface area (Å²) in [6.07, 6.45) is 1.87. The Kier molecular flexibility index (Phi) is 4.84. The zero-order chi connectivity index (χ0) is 12.1. The van der Waals surface area contributed by atoms with E-state index in [1.165, 1.54) is 0 Å². The molecule has 1 rings (SSSR count). The lowest BCUT2D eigenvalue weighted by molar-refractivity contribution is 0.652. The summed E-state index contributed by atoms with van der Waals surface area (Å²) < 4.78 is 0. The lowest BCUT2D eigenvalue weighted by Gasteiger charge is -2.19. The van der Waals surface area contributed by atoms with E-state index in [-0.39, 0.29) is 6.04 Å². The molecule has 0 aliphatic heterocycles. The minimum Gasteiger partial charge on any atom is -0.371 e. The number of anilines is 1. The summed E-state index contributed by atoms with van der Waals surface area (Å²) in [6, 6.07) is 6.41. The van der Waals surface area contributed by atoms with Crippen LogP contribution in [-0.4, -0.2) is 20.6 Å². The van der Waals surface area contributed by atoms with Crippen LogP contribution in [0, 0.1) is 0 Å². The summed E-state index contributed by atoms with van der Waals surface area (Å²) in [5, 5.41) is 3.98. The van der Waals surface area contributed by atoms with E-state index in [1.807, 2.05) is 26.2 Å². The van der Waals surface area contributed by atoms with Crippen molar-refractivity contribution in [1.29, 1.82) is 0 Å². The number of nitrogens with zero attached hydrogens (tertiary/aromatic N) is 1. The van der Waals surface area contributed by atoms with Crippen molar-refractivity contribution in [2.45, 2.75) is 13.0 Å². The second-order valence-corrected chi connectivity index (χ2v) is 4.29. The van der Waals surface area contributed by atoms with Crippen LogP contribution in [-0.2, 0) is 0 Å². The fraction of sp³-hybridized carbons (Fsp3) is 0.385. The van der Waals surface area contributed by atoms with E-state index in [0.29, 0.717) is 0 Å². The van der Waals surface area contributed by atoms with Crippen LogP contribution < -0.4 is 10.2 Å². The van der Waals surface area contributed by atoms with Gasteiger partial charge in [0.15, 0.2) is 0 Å². The van der Waals surface area contributed by atoms with Gasteiger partial charge in [0, 0.05) is 30.3 Å². The average molecular weight is 239 g/mol. The van der Waals surface area contributed by atoms with Crippen LogP contribution in [0.15, 0.2) is 30.9 Å². The summed E-state index contributed by atoms with van der Waals surface area (Å²) in [6.45, 7) is 6.63. The Hall–Kier alpha value is -0.990. The van der Waals surface area contributed by atoms with Gasteiger partial charge in [-0.3, -0.25) is 0 Å². The molecule has 2 nitrogen and oxygen atoms in total. The van der Waals surface area contributed by atoms with Gasteiger partial charge in [-0.15, -0.1) is 6.58 Å². The lowest BCUT2D eigenvalue weighted by atomic mass is 10.1. The van der Waals surface area contributed by atoms with Gasteiger partial charge in [0.2, 0.25) is 0 Å². The molecule has 1 aromatic rings. The highest BCUT2D eigenvalue weighted by molar-refractivity contribution is 6.31. The van der Waals surface area contributed by atoms with Crippen molar-refractivity contribution in [3.63, 3.8) is 0 Å². The summed E-state index contributed by atoms with van der Waals surface area (Å²) in [4.78, 5) is 2.10. The maximum atomic E-state index is 6.25. The van der Waals surface area contributed by atoms with E-state index < -0.39 is 0 Å². The molecule has 0 bridgehead atoms. The average Bonchev–Trinajstić information content (AvgIpc) is 2.28. The Morgan fingerprint density at radius 2 is 2.25 bits per heavy atom. The third-order valence-corrected chi connectivity index (χ3v) is 3.05. The number of hydrogen-bond acceptors (Lipinski definition) is 2. The Labute approximate surface area is 103 Å². The monoisotopic (exact) mass is 238 g/mol. The van der Waals surface area contributed by atoms with Gasteiger partial charge in [-0.05, 0) is 31.7 Å². The minimum absolute atomic E-state index is 0.270. The van der Waals surface area contributed by atoms with Crippen molar-refractivity contribution in [3.05, 3.63) is 41.4 Å². The number of likely N-dealkylation sites (N-methyl/N-ethyl adjacent to an activating group) is 1. The largest absolute Gasteiger partial charge is 0.371 e. The van der Waals surface area contributed by atoms with Crippen molar-refractivity contribution in [2.24, 2.45) is 0 Å². The molecule has 0 spiro atoms. The number of halogens is 1. The van der Waals surface area contributed by atoms with Crippen LogP contribution in [0.4, 0.5) is 5.69 Å². The summed E-state index contributed by atoms with van der Waals surface area (Å²) in [5.41, 5.74) is 2.23. The van der Waals surface area contributed by atoms with Gasteiger partial charge in [-0.1, -0.05) is 23.7 Å². The summed E-state index contributed by atoms with van der Waals surface area (Å²) in [5.74, 6) is 0. The number of hydrogen-bond donors (Lipinski definition) is 1. The van der Waals surface area contributed by atoms with Crippen molar-refractivity contribution in [1.82, 2.24) is 5.32 Å². The van der Waals surface area contributed by atoms with E-state index in [1.54, 1.807) is 0 Å². The number of benzene rings is 1. The van der Waals surface area contributed by atoms with Gasteiger partial charge in [0.25, 0.3) is 0 Å². The topological polar surface area (TPSA) is 15.3 Å². The maximum absolute atomic E-state index is 6.25. The quantitative estimate of drug-likeness (QED) is 0.793. The molecule has 0 aromatic heterocycles. The second-order valence-electron chi connectivity index (χ2n) is 3.89. The SMILES string of the molecule is C=CCN(C)c1ccc(C(C)NC)c(Cl)c1. The van der Waals surface area contributed by atoms with Crippen LogP contribution in [0.3, 0.4) is 0 Å². The molecule has 0 aliphatic rings. The zero-order valence-electron chi connectivity index (χ0n) is 10.1. The van der Waals surface area contributed by atoms with Crippen molar-refractivity contribution >= 4 is 17.3 Å². The highest BCUT2D eigenvalue weighted by atomic mass is 35.5. The van der Waals surface area contributed by atoms with E-state index >= 15 is 0 Å². The van der Waals surface area contributed by atoms with Crippen LogP contribution in [0.5, 0.6) is 0 Å². The summed E-state index contributed by atoms with van der Waals surface area (Å²) >= 11 is 6.25. The first-order valence-corrected chi connectivity index (χ1v) is 5.76. The fourth-order valence-electron chi connectivity index (χ4n) is 1.56. The standard InChI is InChI=1S/C13H19ClN2/c1-5-8-16(4)11-6-7-12(10(2)15-3)13(14)9-11/h5-7,9-10,15H,1,8H2,2-4H3. The molecule has 0 aliphatic carbocycles. The zero-order valence-corrected chi connectivity index (χ0v) is 10.9.